The van der Waals surface area contributed by atoms with Gasteiger partial charge < -0.3 is 19.7 Å². The number of sulfonamides is 1. The predicted octanol–water partition coefficient (Wildman–Crippen LogP) is 2.01. The third-order valence-electron chi connectivity index (χ3n) is 7.53. The Morgan fingerprint density at radius 2 is 1.81 bits per heavy atom. The highest BCUT2D eigenvalue weighted by atomic mass is 32.2. The van der Waals surface area contributed by atoms with Gasteiger partial charge in [0.2, 0.25) is 15.9 Å². The van der Waals surface area contributed by atoms with Crippen molar-refractivity contribution in [3.05, 3.63) is 23.3 Å². The molecule has 0 bridgehead atoms. The molecule has 3 atom stereocenters. The van der Waals surface area contributed by atoms with E-state index in [2.05, 4.69) is 22.2 Å². The molecule has 0 radical (unpaired) electrons. The summed E-state index contributed by atoms with van der Waals surface area (Å²) in [6, 6.07) is 4.12. The Bertz CT molecular complexity index is 971. The molecule has 1 saturated carbocycles. The average Bonchev–Trinajstić information content (AvgIpc) is 2.83. The number of carbonyl (C=O) groups is 1. The van der Waals surface area contributed by atoms with Gasteiger partial charge in [-0.1, -0.05) is 0 Å². The van der Waals surface area contributed by atoms with Gasteiger partial charge in [-0.15, -0.1) is 0 Å². The van der Waals surface area contributed by atoms with Gasteiger partial charge in [-0.25, -0.2) is 8.42 Å². The number of hydrogen-bond acceptors (Lipinski definition) is 7. The lowest BCUT2D eigenvalue weighted by atomic mass is 9.89. The molecule has 1 N–H and O–H groups in total. The number of rotatable bonds is 10. The zero-order chi connectivity index (χ0) is 26.5. The number of carbonyl (C=O) groups excluding carboxylic acids is 1. The van der Waals surface area contributed by atoms with E-state index in [1.165, 1.54) is 17.8 Å². The fourth-order valence-electron chi connectivity index (χ4n) is 5.28. The van der Waals surface area contributed by atoms with Crippen molar-refractivity contribution in [3.8, 4) is 5.75 Å². The van der Waals surface area contributed by atoms with Crippen LogP contribution in [0.2, 0.25) is 0 Å². The number of amides is 1. The fraction of sp³-hybridized carbons (Fsp3) is 0.731. The molecule has 3 rings (SSSR count). The molecule has 10 heteroatoms. The molecule has 1 aromatic rings. The summed E-state index contributed by atoms with van der Waals surface area (Å²) in [5, 5.41) is 3.17. The van der Waals surface area contributed by atoms with Crippen LogP contribution in [0.1, 0.15) is 43.7 Å². The van der Waals surface area contributed by atoms with Crippen LogP contribution in [0.4, 0.5) is 0 Å². The van der Waals surface area contributed by atoms with Gasteiger partial charge in [-0.05, 0) is 76.8 Å². The summed E-state index contributed by atoms with van der Waals surface area (Å²) in [4.78, 5) is 18.0. The highest BCUT2D eigenvalue weighted by Gasteiger charge is 2.30. The van der Waals surface area contributed by atoms with Crippen molar-refractivity contribution in [3.63, 3.8) is 0 Å². The number of ether oxygens (including phenoxy) is 2. The first-order chi connectivity index (χ1) is 17.0. The monoisotopic (exact) mass is 524 g/mol. The molecule has 1 aromatic carbocycles. The maximum atomic E-state index is 13.2. The van der Waals surface area contributed by atoms with Crippen molar-refractivity contribution in [2.24, 2.45) is 0 Å². The van der Waals surface area contributed by atoms with E-state index in [1.54, 1.807) is 40.0 Å². The summed E-state index contributed by atoms with van der Waals surface area (Å²) in [6.07, 6.45) is 3.63. The Kier molecular flexibility index (Phi) is 10.2. The van der Waals surface area contributed by atoms with Gasteiger partial charge in [0.05, 0.1) is 18.6 Å². The topological polar surface area (TPSA) is 91.4 Å². The van der Waals surface area contributed by atoms with Gasteiger partial charge in [0.1, 0.15) is 11.9 Å². The largest absolute Gasteiger partial charge is 0.497 e. The Hall–Kier alpha value is -1.72. The number of aryl methyl sites for hydroxylation is 2. The maximum Gasteiger partial charge on any atom is 0.249 e. The van der Waals surface area contributed by atoms with Crippen molar-refractivity contribution in [2.75, 3.05) is 60.5 Å². The van der Waals surface area contributed by atoms with E-state index >= 15 is 0 Å². The quantitative estimate of drug-likeness (QED) is 0.501. The van der Waals surface area contributed by atoms with Crippen LogP contribution < -0.4 is 10.1 Å². The summed E-state index contributed by atoms with van der Waals surface area (Å²) < 4.78 is 38.6. The molecule has 2 aliphatic rings. The first kappa shape index (κ1) is 28.8. The SMILES string of the molecule is COc1cc(C)c(S(=O)(=O)N(C)CCOC(C)C(=O)NC2CCCC(N3CCN(C)CC3)C2)c(C)c1. The second-order valence-corrected chi connectivity index (χ2v) is 12.3. The van der Waals surface area contributed by atoms with Gasteiger partial charge in [0, 0.05) is 51.9 Å². The second-order valence-electron chi connectivity index (χ2n) is 10.3. The molecule has 1 aliphatic carbocycles. The zero-order valence-corrected chi connectivity index (χ0v) is 23.6. The summed E-state index contributed by atoms with van der Waals surface area (Å²) in [6.45, 7) is 9.91. The Morgan fingerprint density at radius 1 is 1.17 bits per heavy atom. The molecule has 0 spiro atoms. The molecular formula is C26H44N4O5S. The first-order valence-corrected chi connectivity index (χ1v) is 14.4. The van der Waals surface area contributed by atoms with Gasteiger partial charge in [0.25, 0.3) is 0 Å². The molecule has 3 unspecified atom stereocenters. The fourth-order valence-corrected chi connectivity index (χ4v) is 6.84. The van der Waals surface area contributed by atoms with E-state index in [9.17, 15) is 13.2 Å². The van der Waals surface area contributed by atoms with E-state index < -0.39 is 16.1 Å². The lowest BCUT2D eigenvalue weighted by Gasteiger charge is -2.41. The number of methoxy groups -OCH3 is 1. The number of likely N-dealkylation sites (N-methyl/N-ethyl adjacent to an activating group) is 2. The Labute approximate surface area is 217 Å². The smallest absolute Gasteiger partial charge is 0.249 e. The van der Waals surface area contributed by atoms with Crippen LogP contribution >= 0.6 is 0 Å². The number of piperazine rings is 1. The van der Waals surface area contributed by atoms with E-state index in [1.807, 2.05) is 0 Å². The standard InChI is InChI=1S/C26H44N4O5S/c1-19-16-24(34-6)17-20(2)25(19)36(32,33)29(5)14-15-35-21(3)26(31)27-22-8-7-9-23(18-22)30-12-10-28(4)11-13-30/h16-17,21-23H,7-15,18H2,1-6H3,(H,27,31). The minimum Gasteiger partial charge on any atom is -0.497 e. The molecule has 36 heavy (non-hydrogen) atoms. The summed E-state index contributed by atoms with van der Waals surface area (Å²) >= 11 is 0. The summed E-state index contributed by atoms with van der Waals surface area (Å²) in [5.41, 5.74) is 1.27. The Morgan fingerprint density at radius 3 is 2.42 bits per heavy atom. The van der Waals surface area contributed by atoms with Crippen molar-refractivity contribution in [1.29, 1.82) is 0 Å². The Balaban J connectivity index is 1.47. The third kappa shape index (κ3) is 7.19. The second kappa shape index (κ2) is 12.7. The molecular weight excluding hydrogens is 480 g/mol. The van der Waals surface area contributed by atoms with Crippen LogP contribution in [-0.2, 0) is 19.6 Å². The van der Waals surface area contributed by atoms with Crippen LogP contribution in [0.15, 0.2) is 17.0 Å². The van der Waals surface area contributed by atoms with Crippen molar-refractivity contribution >= 4 is 15.9 Å². The molecule has 9 nitrogen and oxygen atoms in total. The number of nitrogens with one attached hydrogen (secondary N) is 1. The zero-order valence-electron chi connectivity index (χ0n) is 22.7. The van der Waals surface area contributed by atoms with Gasteiger partial charge in [-0.3, -0.25) is 9.69 Å². The van der Waals surface area contributed by atoms with Crippen LogP contribution in [0.3, 0.4) is 0 Å². The summed E-state index contributed by atoms with van der Waals surface area (Å²) in [5.74, 6) is 0.494. The number of hydrogen-bond donors (Lipinski definition) is 1. The molecule has 1 amide bonds. The number of nitrogens with zero attached hydrogens (tertiary/aromatic N) is 3. The minimum absolute atomic E-state index is 0.132. The van der Waals surface area contributed by atoms with E-state index in [0.717, 1.165) is 45.4 Å². The van der Waals surface area contributed by atoms with Gasteiger partial charge in [0.15, 0.2) is 0 Å². The normalized spacial score (nSPS) is 23.0. The van der Waals surface area contributed by atoms with Crippen LogP contribution in [0.5, 0.6) is 5.75 Å². The third-order valence-corrected chi connectivity index (χ3v) is 9.69. The van der Waals surface area contributed by atoms with E-state index in [4.69, 9.17) is 9.47 Å². The van der Waals surface area contributed by atoms with Crippen LogP contribution in [0, 0.1) is 13.8 Å². The molecule has 1 saturated heterocycles. The number of benzene rings is 1. The van der Waals surface area contributed by atoms with Gasteiger partial charge in [-0.2, -0.15) is 4.31 Å². The highest BCUT2D eigenvalue weighted by Crippen LogP contribution is 2.28. The highest BCUT2D eigenvalue weighted by molar-refractivity contribution is 7.89. The predicted molar refractivity (Wildman–Crippen MR) is 141 cm³/mol. The molecule has 2 fully saturated rings. The van der Waals surface area contributed by atoms with E-state index in [0.29, 0.717) is 22.9 Å². The van der Waals surface area contributed by atoms with Crippen molar-refractivity contribution in [1.82, 2.24) is 19.4 Å². The lowest BCUT2D eigenvalue weighted by molar-refractivity contribution is -0.132. The van der Waals surface area contributed by atoms with Crippen LogP contribution in [0.25, 0.3) is 0 Å². The molecule has 0 aromatic heterocycles. The average molecular weight is 525 g/mol. The summed E-state index contributed by atoms with van der Waals surface area (Å²) in [7, 11) is 1.56. The molecule has 1 heterocycles. The maximum absolute atomic E-state index is 13.2. The molecule has 1 aliphatic heterocycles. The lowest BCUT2D eigenvalue weighted by Crippen LogP contribution is -2.53. The first-order valence-electron chi connectivity index (χ1n) is 13.0. The van der Waals surface area contributed by atoms with Crippen molar-refractivity contribution in [2.45, 2.75) is 69.5 Å². The molecule has 204 valence electrons. The van der Waals surface area contributed by atoms with E-state index in [-0.39, 0.29) is 30.0 Å². The minimum atomic E-state index is -3.70. The van der Waals surface area contributed by atoms with Crippen LogP contribution in [-0.4, -0.2) is 107 Å². The van der Waals surface area contributed by atoms with Gasteiger partial charge >= 0.3 is 0 Å². The van der Waals surface area contributed by atoms with Crippen molar-refractivity contribution < 1.29 is 22.7 Å².